The number of benzene rings is 1. The summed E-state index contributed by atoms with van der Waals surface area (Å²) in [5.74, 6) is -0.754. The third-order valence-corrected chi connectivity index (χ3v) is 7.33. The monoisotopic (exact) mass is 469 g/mol. The van der Waals surface area contributed by atoms with E-state index in [1.54, 1.807) is 10.7 Å². The molecule has 2 aromatic heterocycles. The molecule has 1 aliphatic heterocycles. The number of nitrogens with zero attached hydrogens (tertiary/aromatic N) is 4. The van der Waals surface area contributed by atoms with Gasteiger partial charge in [-0.15, -0.1) is 0 Å². The van der Waals surface area contributed by atoms with Gasteiger partial charge >= 0.3 is 5.97 Å². The van der Waals surface area contributed by atoms with Crippen LogP contribution in [-0.2, 0) is 10.0 Å². The molecule has 0 bridgehead atoms. The Labute approximate surface area is 192 Å². The summed E-state index contributed by atoms with van der Waals surface area (Å²) < 4.78 is 27.7. The van der Waals surface area contributed by atoms with Crippen molar-refractivity contribution < 1.29 is 18.3 Å². The quantitative estimate of drug-likeness (QED) is 0.570. The highest BCUT2D eigenvalue weighted by Crippen LogP contribution is 2.43. The first-order valence-corrected chi connectivity index (χ1v) is 13.1. The molecule has 2 N–H and O–H groups in total. The van der Waals surface area contributed by atoms with Crippen LogP contribution in [0.2, 0.25) is 0 Å². The van der Waals surface area contributed by atoms with E-state index in [4.69, 9.17) is 5.10 Å². The van der Waals surface area contributed by atoms with Crippen LogP contribution in [-0.4, -0.2) is 59.6 Å². The minimum Gasteiger partial charge on any atom is -0.477 e. The van der Waals surface area contributed by atoms with Crippen molar-refractivity contribution in [1.29, 1.82) is 0 Å². The number of hydrogen-bond acceptors (Lipinski definition) is 6. The number of hydrogen-bond donors (Lipinski definition) is 2. The smallest absolute Gasteiger partial charge is 0.354 e. The molecule has 1 saturated carbocycles. The van der Waals surface area contributed by atoms with Crippen molar-refractivity contribution in [2.75, 3.05) is 24.2 Å². The van der Waals surface area contributed by atoms with Crippen LogP contribution >= 0.6 is 0 Å². The van der Waals surface area contributed by atoms with Gasteiger partial charge in [0.05, 0.1) is 28.7 Å². The van der Waals surface area contributed by atoms with Gasteiger partial charge in [-0.2, -0.15) is 5.10 Å². The van der Waals surface area contributed by atoms with Gasteiger partial charge in [-0.1, -0.05) is 24.6 Å². The number of aromatic carboxylic acids is 1. The number of carboxylic acid groups (broad SMARTS) is 1. The molecule has 0 atom stereocenters. The molecule has 33 heavy (non-hydrogen) atoms. The Morgan fingerprint density at radius 2 is 1.82 bits per heavy atom. The van der Waals surface area contributed by atoms with Crippen molar-refractivity contribution in [1.82, 2.24) is 19.5 Å². The molecule has 0 radical (unpaired) electrons. The molecular formula is C23H27N5O4S. The highest BCUT2D eigenvalue weighted by molar-refractivity contribution is 7.88. The summed E-state index contributed by atoms with van der Waals surface area (Å²) in [6.07, 6.45) is 5.73. The number of pyridine rings is 1. The van der Waals surface area contributed by atoms with Gasteiger partial charge in [0.25, 0.3) is 0 Å². The predicted octanol–water partition coefficient (Wildman–Crippen LogP) is 2.90. The number of carbonyl (C=O) groups is 1. The van der Waals surface area contributed by atoms with Crippen molar-refractivity contribution in [2.45, 2.75) is 44.1 Å². The van der Waals surface area contributed by atoms with E-state index in [2.05, 4.69) is 14.6 Å². The van der Waals surface area contributed by atoms with Crippen LogP contribution in [0.4, 0.5) is 5.69 Å². The second-order valence-electron chi connectivity index (χ2n) is 8.94. The fourth-order valence-electron chi connectivity index (χ4n) is 4.74. The lowest BCUT2D eigenvalue weighted by Crippen LogP contribution is -2.44. The predicted molar refractivity (Wildman–Crippen MR) is 126 cm³/mol. The van der Waals surface area contributed by atoms with Gasteiger partial charge in [0.2, 0.25) is 10.0 Å². The summed E-state index contributed by atoms with van der Waals surface area (Å²) in [7, 11) is -3.27. The first kappa shape index (κ1) is 21.8. The highest BCUT2D eigenvalue weighted by atomic mass is 32.2. The molecule has 1 saturated heterocycles. The number of anilines is 1. The van der Waals surface area contributed by atoms with E-state index in [1.165, 1.54) is 6.26 Å². The fourth-order valence-corrected chi connectivity index (χ4v) is 5.58. The Bertz CT molecular complexity index is 1290. The minimum absolute atomic E-state index is 0.0221. The first-order valence-electron chi connectivity index (χ1n) is 11.2. The highest BCUT2D eigenvalue weighted by Gasteiger charge is 2.31. The molecule has 0 unspecified atom stereocenters. The molecule has 9 nitrogen and oxygen atoms in total. The largest absolute Gasteiger partial charge is 0.477 e. The zero-order valence-corrected chi connectivity index (χ0v) is 19.3. The Kier molecular flexibility index (Phi) is 5.57. The van der Waals surface area contributed by atoms with Gasteiger partial charge in [-0.3, -0.25) is 0 Å². The van der Waals surface area contributed by atoms with Crippen LogP contribution in [0.25, 0.3) is 16.7 Å². The number of para-hydroxylation sites is 1. The van der Waals surface area contributed by atoms with Gasteiger partial charge in [-0.05, 0) is 43.9 Å². The number of carboxylic acids is 1. The van der Waals surface area contributed by atoms with Crippen molar-refractivity contribution >= 4 is 32.7 Å². The van der Waals surface area contributed by atoms with Crippen LogP contribution in [0.5, 0.6) is 0 Å². The lowest BCUT2D eigenvalue weighted by molar-refractivity contribution is 0.0691. The molecule has 0 amide bonds. The molecule has 3 heterocycles. The Morgan fingerprint density at radius 3 is 2.39 bits per heavy atom. The van der Waals surface area contributed by atoms with Gasteiger partial charge < -0.3 is 10.0 Å². The van der Waals surface area contributed by atoms with E-state index >= 15 is 0 Å². The number of piperidine rings is 1. The standard InChI is InChI=1S/C23H27N5O4S/c1-33(31,32)26-16-10-12-27(13-11-16)19-14-18(23(29)30)24-22-20(19)21(15-6-5-7-15)25-28(22)17-8-3-2-4-9-17/h2-4,8-9,14-16,26H,5-7,10-13H2,1H3,(H,29,30). The maximum absolute atomic E-state index is 12.0. The van der Waals surface area contributed by atoms with E-state index in [1.807, 2.05) is 30.3 Å². The molecule has 5 rings (SSSR count). The van der Waals surface area contributed by atoms with Crippen molar-refractivity contribution in [3.05, 3.63) is 47.8 Å². The average molecular weight is 470 g/mol. The number of aromatic nitrogens is 3. The average Bonchev–Trinajstić information content (AvgIpc) is 3.11. The van der Waals surface area contributed by atoms with Crippen LogP contribution < -0.4 is 9.62 Å². The lowest BCUT2D eigenvalue weighted by atomic mass is 9.82. The van der Waals surface area contributed by atoms with Crippen molar-refractivity contribution in [3.8, 4) is 5.69 Å². The van der Waals surface area contributed by atoms with Crippen LogP contribution in [0.3, 0.4) is 0 Å². The van der Waals surface area contributed by atoms with E-state index in [-0.39, 0.29) is 11.7 Å². The third-order valence-electron chi connectivity index (χ3n) is 6.57. The minimum atomic E-state index is -3.27. The summed E-state index contributed by atoms with van der Waals surface area (Å²) in [6.45, 7) is 1.23. The molecule has 0 spiro atoms. The SMILES string of the molecule is CS(=O)(=O)NC1CCN(c2cc(C(=O)O)nc3c2c(C2CCC2)nn3-c2ccccc2)CC1. The Balaban J connectivity index is 1.62. The lowest BCUT2D eigenvalue weighted by Gasteiger charge is -2.34. The summed E-state index contributed by atoms with van der Waals surface area (Å²) in [5.41, 5.74) is 3.15. The maximum atomic E-state index is 12.0. The summed E-state index contributed by atoms with van der Waals surface area (Å²) in [6, 6.07) is 11.2. The first-order chi connectivity index (χ1) is 15.8. The molecule has 10 heteroatoms. The third kappa shape index (κ3) is 4.32. The van der Waals surface area contributed by atoms with Gasteiger partial charge in [-0.25, -0.2) is 27.6 Å². The number of fused-ring (bicyclic) bond motifs is 1. The Morgan fingerprint density at radius 1 is 1.12 bits per heavy atom. The second kappa shape index (κ2) is 8.42. The maximum Gasteiger partial charge on any atom is 0.354 e. The van der Waals surface area contributed by atoms with Crippen molar-refractivity contribution in [2.24, 2.45) is 0 Å². The zero-order chi connectivity index (χ0) is 23.2. The normalized spacial score (nSPS) is 17.9. The van der Waals surface area contributed by atoms with E-state index < -0.39 is 16.0 Å². The number of nitrogens with one attached hydrogen (secondary N) is 1. The van der Waals surface area contributed by atoms with Crippen LogP contribution in [0, 0.1) is 0 Å². The van der Waals surface area contributed by atoms with E-state index in [0.29, 0.717) is 37.5 Å². The summed E-state index contributed by atoms with van der Waals surface area (Å²) >= 11 is 0. The molecule has 174 valence electrons. The van der Waals surface area contributed by atoms with Crippen LogP contribution in [0.1, 0.15) is 54.2 Å². The molecular weight excluding hydrogens is 442 g/mol. The van der Waals surface area contributed by atoms with Gasteiger partial charge in [0, 0.05) is 25.0 Å². The zero-order valence-electron chi connectivity index (χ0n) is 18.4. The molecule has 3 aromatic rings. The van der Waals surface area contributed by atoms with E-state index in [0.717, 1.165) is 41.7 Å². The number of sulfonamides is 1. The second-order valence-corrected chi connectivity index (χ2v) is 10.7. The summed E-state index contributed by atoms with van der Waals surface area (Å²) in [5, 5.41) is 15.6. The molecule has 1 aromatic carbocycles. The van der Waals surface area contributed by atoms with Crippen LogP contribution in [0.15, 0.2) is 36.4 Å². The Hall–Kier alpha value is -2.98. The number of rotatable bonds is 6. The fraction of sp³-hybridized carbons (Fsp3) is 0.435. The molecule has 1 aliphatic carbocycles. The topological polar surface area (TPSA) is 117 Å². The molecule has 2 aliphatic rings. The van der Waals surface area contributed by atoms with E-state index in [9.17, 15) is 18.3 Å². The van der Waals surface area contributed by atoms with Gasteiger partial charge in [0.1, 0.15) is 0 Å². The summed E-state index contributed by atoms with van der Waals surface area (Å²) in [4.78, 5) is 18.6. The van der Waals surface area contributed by atoms with Crippen molar-refractivity contribution in [3.63, 3.8) is 0 Å². The van der Waals surface area contributed by atoms with Gasteiger partial charge in [0.15, 0.2) is 11.3 Å². The molecule has 2 fully saturated rings.